The van der Waals surface area contributed by atoms with Crippen LogP contribution in [0.2, 0.25) is 0 Å². The number of hydrogen-bond donors (Lipinski definition) is 1. The van der Waals surface area contributed by atoms with Crippen molar-refractivity contribution in [2.24, 2.45) is 16.8 Å². The van der Waals surface area contributed by atoms with Crippen LogP contribution in [0.5, 0.6) is 0 Å². The van der Waals surface area contributed by atoms with Crippen molar-refractivity contribution in [3.63, 3.8) is 0 Å². The zero-order chi connectivity index (χ0) is 32.4. The van der Waals surface area contributed by atoms with Crippen molar-refractivity contribution in [3.8, 4) is 6.07 Å². The molecule has 0 amide bonds. The Hall–Kier alpha value is -4.93. The number of hydrazine groups is 1. The van der Waals surface area contributed by atoms with E-state index >= 15 is 0 Å². The van der Waals surface area contributed by atoms with E-state index in [2.05, 4.69) is 144 Å². The van der Waals surface area contributed by atoms with Crippen molar-refractivity contribution >= 4 is 50.9 Å². The third-order valence-electron chi connectivity index (χ3n) is 10.2. The van der Waals surface area contributed by atoms with Crippen molar-refractivity contribution in [3.05, 3.63) is 149 Å². The number of aromatic nitrogens is 1. The van der Waals surface area contributed by atoms with Crippen LogP contribution in [-0.2, 0) is 0 Å². The fourth-order valence-corrected chi connectivity index (χ4v) is 9.16. The molecule has 6 heteroatoms. The molecular weight excluding hydrogens is 607 g/mol. The fraction of sp³-hybridized carbons (Fsp3) is 0.190. The molecule has 4 aliphatic rings. The lowest BCUT2D eigenvalue weighted by Crippen LogP contribution is -2.18. The molecule has 4 aromatic carbocycles. The van der Waals surface area contributed by atoms with Gasteiger partial charge in [0.25, 0.3) is 0 Å². The van der Waals surface area contributed by atoms with E-state index in [-0.39, 0.29) is 18.4 Å². The van der Waals surface area contributed by atoms with E-state index < -0.39 is 0 Å². The summed E-state index contributed by atoms with van der Waals surface area (Å²) in [6.45, 7) is 4.46. The van der Waals surface area contributed by atoms with Gasteiger partial charge in [0, 0.05) is 32.7 Å². The van der Waals surface area contributed by atoms with Crippen molar-refractivity contribution in [1.82, 2.24) is 15.0 Å². The van der Waals surface area contributed by atoms with Crippen LogP contribution in [0.1, 0.15) is 55.0 Å². The third-order valence-corrected chi connectivity index (χ3v) is 11.8. The monoisotopic (exact) mass is 641 g/mol. The predicted molar refractivity (Wildman–Crippen MR) is 198 cm³/mol. The van der Waals surface area contributed by atoms with Crippen molar-refractivity contribution < 1.29 is 0 Å². The Morgan fingerprint density at radius 2 is 1.79 bits per heavy atom. The van der Waals surface area contributed by atoms with E-state index in [1.165, 1.54) is 54.5 Å². The molecule has 6 atom stereocenters. The summed E-state index contributed by atoms with van der Waals surface area (Å²) in [5.74, 6) is 0.691. The van der Waals surface area contributed by atoms with Gasteiger partial charge in [0.1, 0.15) is 6.17 Å². The minimum atomic E-state index is -0.324. The molecule has 2 aliphatic carbocycles. The maximum atomic E-state index is 9.49. The van der Waals surface area contributed by atoms with Gasteiger partial charge in [0.15, 0.2) is 6.29 Å². The molecule has 0 spiro atoms. The average Bonchev–Trinajstić information content (AvgIpc) is 3.72. The van der Waals surface area contributed by atoms with Crippen LogP contribution in [0.4, 0.5) is 0 Å². The number of thioether (sulfide) groups is 1. The Labute approximate surface area is 285 Å². The van der Waals surface area contributed by atoms with Crippen LogP contribution in [-0.4, -0.2) is 21.0 Å². The number of para-hydroxylation sites is 1. The van der Waals surface area contributed by atoms with Gasteiger partial charge in [-0.15, -0.1) is 11.8 Å². The first-order valence-electron chi connectivity index (χ1n) is 16.7. The fourth-order valence-electron chi connectivity index (χ4n) is 7.63. The number of hydrogen-bond acceptors (Lipinski definition) is 5. The van der Waals surface area contributed by atoms with Gasteiger partial charge in [-0.25, -0.2) is 5.43 Å². The molecule has 6 unspecified atom stereocenters. The molecule has 0 radical (unpaired) electrons. The van der Waals surface area contributed by atoms with Gasteiger partial charge in [-0.05, 0) is 69.9 Å². The molecule has 5 nitrogen and oxygen atoms in total. The number of aliphatic imine (C=N–C) groups is 1. The normalized spacial score (nSPS) is 24.9. The van der Waals surface area contributed by atoms with Gasteiger partial charge in [0.2, 0.25) is 0 Å². The highest BCUT2D eigenvalue weighted by atomic mass is 32.2. The number of nitrogens with one attached hydrogen (secondary N) is 1. The van der Waals surface area contributed by atoms with E-state index in [4.69, 9.17) is 4.99 Å². The van der Waals surface area contributed by atoms with Crippen LogP contribution in [0.3, 0.4) is 0 Å². The molecular formula is C42H35N5S. The standard InChI is InChI=1S/C42H35N5S/c1-26-10-8-16-35-36-21-20-34-33-15-6-7-17-37(33)46(38(34)40(36)48-39(26)35)42(44-25-28-11-4-3-5-12-28)47-41(45-47)31-14-9-13-29(23-31)30-18-19-32(24-43)27(2)22-30/h3-21,23,25-27,39,41-42,45H,22H2,1-2H3/b44-25+. The van der Waals surface area contributed by atoms with E-state index in [1.54, 1.807) is 0 Å². The first-order chi connectivity index (χ1) is 23.6. The predicted octanol–water partition coefficient (Wildman–Crippen LogP) is 9.83. The highest BCUT2D eigenvalue weighted by Gasteiger charge is 2.44. The van der Waals surface area contributed by atoms with Crippen LogP contribution >= 0.6 is 11.8 Å². The zero-order valence-electron chi connectivity index (χ0n) is 26.9. The summed E-state index contributed by atoms with van der Waals surface area (Å²) >= 11 is 2.01. The van der Waals surface area contributed by atoms with E-state index in [0.717, 1.165) is 17.6 Å². The van der Waals surface area contributed by atoms with Crippen molar-refractivity contribution in [1.29, 1.82) is 5.26 Å². The molecule has 1 N–H and O–H groups in total. The second-order valence-electron chi connectivity index (χ2n) is 13.3. The Morgan fingerprint density at radius 3 is 2.65 bits per heavy atom. The Morgan fingerprint density at radius 1 is 0.938 bits per heavy atom. The summed E-state index contributed by atoms with van der Waals surface area (Å²) in [7, 11) is 0. The lowest BCUT2D eigenvalue weighted by Gasteiger charge is -2.20. The Kier molecular flexibility index (Phi) is 7.09. The van der Waals surface area contributed by atoms with E-state index in [1.807, 2.05) is 30.1 Å². The number of benzene rings is 4. The van der Waals surface area contributed by atoms with Crippen molar-refractivity contribution in [2.45, 2.75) is 42.9 Å². The van der Waals surface area contributed by atoms with Gasteiger partial charge in [-0.1, -0.05) is 117 Å². The number of allylic oxidation sites excluding steroid dienone is 7. The summed E-state index contributed by atoms with van der Waals surface area (Å²) in [6, 6.07) is 35.0. The van der Waals surface area contributed by atoms with Gasteiger partial charge in [-0.3, -0.25) is 4.99 Å². The Balaban J connectivity index is 1.17. The van der Waals surface area contributed by atoms with Gasteiger partial charge >= 0.3 is 0 Å². The highest BCUT2D eigenvalue weighted by molar-refractivity contribution is 8.01. The lowest BCUT2D eigenvalue weighted by atomic mass is 9.86. The average molecular weight is 642 g/mol. The first kappa shape index (κ1) is 29.2. The zero-order valence-corrected chi connectivity index (χ0v) is 27.7. The molecule has 234 valence electrons. The maximum absolute atomic E-state index is 9.49. The number of nitrogens with zero attached hydrogens (tertiary/aromatic N) is 4. The minimum Gasteiger partial charge on any atom is -0.303 e. The van der Waals surface area contributed by atoms with E-state index in [9.17, 15) is 5.26 Å². The van der Waals surface area contributed by atoms with E-state index in [0.29, 0.717) is 11.2 Å². The molecule has 2 aliphatic heterocycles. The Bertz CT molecular complexity index is 2300. The third kappa shape index (κ3) is 4.81. The molecule has 9 rings (SSSR count). The molecule has 1 fully saturated rings. The maximum Gasteiger partial charge on any atom is 0.197 e. The number of fused-ring (bicyclic) bond motifs is 7. The first-order valence-corrected chi connectivity index (χ1v) is 17.6. The summed E-state index contributed by atoms with van der Waals surface area (Å²) in [5, 5.41) is 14.7. The molecule has 0 bridgehead atoms. The molecule has 48 heavy (non-hydrogen) atoms. The van der Waals surface area contributed by atoms with Crippen LogP contribution in [0, 0.1) is 23.2 Å². The van der Waals surface area contributed by atoms with Gasteiger partial charge in [0.05, 0.1) is 17.1 Å². The highest BCUT2D eigenvalue weighted by Crippen LogP contribution is 2.54. The van der Waals surface area contributed by atoms with Gasteiger partial charge < -0.3 is 4.57 Å². The van der Waals surface area contributed by atoms with Crippen molar-refractivity contribution in [2.75, 3.05) is 0 Å². The molecule has 1 aromatic heterocycles. The summed E-state index contributed by atoms with van der Waals surface area (Å²) in [5.41, 5.74) is 14.5. The second-order valence-corrected chi connectivity index (χ2v) is 14.4. The summed E-state index contributed by atoms with van der Waals surface area (Å²) in [6.07, 6.45) is 13.5. The van der Waals surface area contributed by atoms with Crippen LogP contribution in [0.15, 0.2) is 137 Å². The SMILES string of the molecule is CC1CC(c2cccc(C3NN3C(/N=C/c3ccccc3)n3c4ccccc4c4ccc5c(c43)SC3C5=CC=CC3C)c2)=CC=C1C#N. The molecule has 5 aromatic rings. The minimum absolute atomic E-state index is 0.00448. The van der Waals surface area contributed by atoms with Crippen LogP contribution in [0.25, 0.3) is 33.0 Å². The smallest absolute Gasteiger partial charge is 0.197 e. The summed E-state index contributed by atoms with van der Waals surface area (Å²) in [4.78, 5) is 6.71. The second kappa shape index (κ2) is 11.6. The van der Waals surface area contributed by atoms with Crippen LogP contribution < -0.4 is 5.43 Å². The number of rotatable bonds is 6. The lowest BCUT2D eigenvalue weighted by molar-refractivity contribution is 0.287. The molecule has 3 heterocycles. The molecule has 1 saturated heterocycles. The molecule has 0 saturated carbocycles. The summed E-state index contributed by atoms with van der Waals surface area (Å²) < 4.78 is 2.46. The van der Waals surface area contributed by atoms with Gasteiger partial charge in [-0.2, -0.15) is 10.3 Å². The topological polar surface area (TPSA) is 66.0 Å². The largest absolute Gasteiger partial charge is 0.303 e. The quantitative estimate of drug-likeness (QED) is 0.148. The number of nitriles is 1.